The van der Waals surface area contributed by atoms with Crippen molar-refractivity contribution in [1.82, 2.24) is 10.2 Å². The Bertz CT molecular complexity index is 173. The van der Waals surface area contributed by atoms with E-state index in [1.54, 1.807) is 0 Å². The maximum Gasteiger partial charge on any atom is 0.0218 e. The molecule has 0 aromatic heterocycles. The Balaban J connectivity index is 2.07. The zero-order chi connectivity index (χ0) is 11.8. The van der Waals surface area contributed by atoms with E-state index in [2.05, 4.69) is 30.3 Å². The molecule has 96 valence electrons. The third-order valence-corrected chi connectivity index (χ3v) is 4.11. The van der Waals surface area contributed by atoms with Crippen molar-refractivity contribution in [2.24, 2.45) is 5.92 Å². The topological polar surface area (TPSA) is 15.3 Å². The first-order valence-corrected chi connectivity index (χ1v) is 8.08. The Morgan fingerprint density at radius 1 is 1.31 bits per heavy atom. The van der Waals surface area contributed by atoms with Gasteiger partial charge in [-0.25, -0.2) is 0 Å². The van der Waals surface area contributed by atoms with Gasteiger partial charge in [-0.3, -0.25) is 0 Å². The summed E-state index contributed by atoms with van der Waals surface area (Å²) >= 11 is 1.97. The fourth-order valence-electron chi connectivity index (χ4n) is 2.25. The molecule has 0 aromatic rings. The van der Waals surface area contributed by atoms with Gasteiger partial charge in [-0.05, 0) is 37.3 Å². The molecule has 0 saturated carbocycles. The summed E-state index contributed by atoms with van der Waals surface area (Å²) in [6.45, 7) is 9.61. The van der Waals surface area contributed by atoms with Gasteiger partial charge in [0.15, 0.2) is 0 Å². The van der Waals surface area contributed by atoms with Gasteiger partial charge in [0, 0.05) is 25.7 Å². The fourth-order valence-corrected chi connectivity index (χ4v) is 2.74. The van der Waals surface area contributed by atoms with Crippen LogP contribution in [0.3, 0.4) is 0 Å². The van der Waals surface area contributed by atoms with Crippen molar-refractivity contribution in [2.75, 3.05) is 38.2 Å². The molecule has 1 rings (SSSR count). The zero-order valence-electron chi connectivity index (χ0n) is 11.2. The lowest BCUT2D eigenvalue weighted by molar-refractivity contribution is 0.173. The average Bonchev–Trinajstić information content (AvgIpc) is 2.29. The Morgan fingerprint density at radius 2 is 2.12 bits per heavy atom. The summed E-state index contributed by atoms with van der Waals surface area (Å²) in [6.07, 6.45) is 6.37. The number of nitrogens with one attached hydrogen (secondary N) is 1. The van der Waals surface area contributed by atoms with Crippen LogP contribution in [0.25, 0.3) is 0 Å². The zero-order valence-corrected chi connectivity index (χ0v) is 12.0. The molecule has 1 saturated heterocycles. The van der Waals surface area contributed by atoms with Gasteiger partial charge in [0.25, 0.3) is 0 Å². The average molecular weight is 244 g/mol. The molecule has 0 radical (unpaired) electrons. The van der Waals surface area contributed by atoms with Crippen LogP contribution in [0.15, 0.2) is 0 Å². The van der Waals surface area contributed by atoms with Crippen molar-refractivity contribution in [1.29, 1.82) is 0 Å². The molecular formula is C13H28N2S. The van der Waals surface area contributed by atoms with E-state index in [4.69, 9.17) is 0 Å². The summed E-state index contributed by atoms with van der Waals surface area (Å²) < 4.78 is 0. The highest BCUT2D eigenvalue weighted by molar-refractivity contribution is 7.98. The summed E-state index contributed by atoms with van der Waals surface area (Å²) in [5, 5.41) is 3.61. The lowest BCUT2D eigenvalue weighted by Gasteiger charge is -2.35. The molecule has 1 atom stereocenters. The van der Waals surface area contributed by atoms with E-state index in [1.807, 2.05) is 11.8 Å². The SMILES string of the molecule is CSCCCCCN1CCNC(C(C)C)C1. The highest BCUT2D eigenvalue weighted by Crippen LogP contribution is 2.10. The molecule has 1 heterocycles. The van der Waals surface area contributed by atoms with Crippen molar-refractivity contribution in [3.8, 4) is 0 Å². The molecule has 16 heavy (non-hydrogen) atoms. The molecule has 1 fully saturated rings. The van der Waals surface area contributed by atoms with Gasteiger partial charge in [0.1, 0.15) is 0 Å². The Kier molecular flexibility index (Phi) is 7.50. The van der Waals surface area contributed by atoms with Crippen molar-refractivity contribution >= 4 is 11.8 Å². The molecule has 1 aliphatic heterocycles. The second-order valence-corrected chi connectivity index (χ2v) is 6.14. The second kappa shape index (κ2) is 8.37. The lowest BCUT2D eigenvalue weighted by Crippen LogP contribution is -2.52. The summed E-state index contributed by atoms with van der Waals surface area (Å²) in [5.74, 6) is 2.09. The minimum atomic E-state index is 0.708. The van der Waals surface area contributed by atoms with Crippen molar-refractivity contribution in [3.63, 3.8) is 0 Å². The molecule has 0 aromatic carbocycles. The number of nitrogens with zero attached hydrogens (tertiary/aromatic N) is 1. The molecule has 0 bridgehead atoms. The molecular weight excluding hydrogens is 216 g/mol. The van der Waals surface area contributed by atoms with E-state index in [0.29, 0.717) is 6.04 Å². The second-order valence-electron chi connectivity index (χ2n) is 5.16. The minimum Gasteiger partial charge on any atom is -0.311 e. The van der Waals surface area contributed by atoms with Crippen molar-refractivity contribution in [3.05, 3.63) is 0 Å². The molecule has 0 amide bonds. The number of piperazine rings is 1. The summed E-state index contributed by atoms with van der Waals surface area (Å²) in [7, 11) is 0. The summed E-state index contributed by atoms with van der Waals surface area (Å²) in [5.41, 5.74) is 0. The molecule has 1 aliphatic rings. The van der Waals surface area contributed by atoms with Gasteiger partial charge in [0.05, 0.1) is 0 Å². The van der Waals surface area contributed by atoms with Crippen LogP contribution >= 0.6 is 11.8 Å². The van der Waals surface area contributed by atoms with Crippen LogP contribution in [0, 0.1) is 5.92 Å². The van der Waals surface area contributed by atoms with E-state index in [0.717, 1.165) is 5.92 Å². The van der Waals surface area contributed by atoms with Gasteiger partial charge < -0.3 is 10.2 Å². The fraction of sp³-hybridized carbons (Fsp3) is 1.00. The minimum absolute atomic E-state index is 0.708. The van der Waals surface area contributed by atoms with Gasteiger partial charge in [-0.2, -0.15) is 11.8 Å². The molecule has 1 N–H and O–H groups in total. The highest BCUT2D eigenvalue weighted by Gasteiger charge is 2.20. The Labute approximate surface area is 106 Å². The monoisotopic (exact) mass is 244 g/mol. The maximum atomic E-state index is 3.61. The lowest BCUT2D eigenvalue weighted by atomic mass is 10.0. The molecule has 1 unspecified atom stereocenters. The number of thioether (sulfide) groups is 1. The first kappa shape index (κ1) is 14.3. The van der Waals surface area contributed by atoms with Crippen molar-refractivity contribution in [2.45, 2.75) is 39.2 Å². The first-order chi connectivity index (χ1) is 7.74. The number of hydrogen-bond acceptors (Lipinski definition) is 3. The quantitative estimate of drug-likeness (QED) is 0.693. The standard InChI is InChI=1S/C13H28N2S/c1-12(2)13-11-15(9-7-14-13)8-5-4-6-10-16-3/h12-14H,4-11H2,1-3H3. The van der Waals surface area contributed by atoms with E-state index in [-0.39, 0.29) is 0 Å². The van der Waals surface area contributed by atoms with Gasteiger partial charge in [-0.1, -0.05) is 20.3 Å². The number of unbranched alkanes of at least 4 members (excludes halogenated alkanes) is 2. The van der Waals surface area contributed by atoms with E-state index >= 15 is 0 Å². The molecule has 0 aliphatic carbocycles. The predicted molar refractivity (Wildman–Crippen MR) is 75.3 cm³/mol. The van der Waals surface area contributed by atoms with Crippen LogP contribution in [-0.2, 0) is 0 Å². The number of rotatable bonds is 7. The van der Waals surface area contributed by atoms with Crippen LogP contribution in [0.1, 0.15) is 33.1 Å². The third-order valence-electron chi connectivity index (χ3n) is 3.42. The molecule has 2 nitrogen and oxygen atoms in total. The third kappa shape index (κ3) is 5.55. The smallest absolute Gasteiger partial charge is 0.0218 e. The highest BCUT2D eigenvalue weighted by atomic mass is 32.2. The first-order valence-electron chi connectivity index (χ1n) is 6.68. The van der Waals surface area contributed by atoms with Crippen LogP contribution in [0.2, 0.25) is 0 Å². The Morgan fingerprint density at radius 3 is 2.81 bits per heavy atom. The van der Waals surface area contributed by atoms with E-state index < -0.39 is 0 Å². The summed E-state index contributed by atoms with van der Waals surface area (Å²) in [6, 6.07) is 0.708. The van der Waals surface area contributed by atoms with Crippen LogP contribution in [0.4, 0.5) is 0 Å². The van der Waals surface area contributed by atoms with E-state index in [9.17, 15) is 0 Å². The van der Waals surface area contributed by atoms with Gasteiger partial charge >= 0.3 is 0 Å². The van der Waals surface area contributed by atoms with E-state index in [1.165, 1.54) is 51.2 Å². The summed E-state index contributed by atoms with van der Waals surface area (Å²) in [4.78, 5) is 2.64. The Hall–Kier alpha value is 0.270. The van der Waals surface area contributed by atoms with Gasteiger partial charge in [0.2, 0.25) is 0 Å². The largest absolute Gasteiger partial charge is 0.311 e. The van der Waals surface area contributed by atoms with Crippen LogP contribution in [-0.4, -0.2) is 49.1 Å². The normalized spacial score (nSPS) is 22.9. The maximum absolute atomic E-state index is 3.61. The predicted octanol–water partition coefficient (Wildman–Crippen LogP) is 2.45. The molecule has 3 heteroatoms. The van der Waals surface area contributed by atoms with Crippen LogP contribution in [0.5, 0.6) is 0 Å². The van der Waals surface area contributed by atoms with Crippen molar-refractivity contribution < 1.29 is 0 Å². The number of hydrogen-bond donors (Lipinski definition) is 1. The molecule has 0 spiro atoms. The van der Waals surface area contributed by atoms with Crippen LogP contribution < -0.4 is 5.32 Å². The van der Waals surface area contributed by atoms with Gasteiger partial charge in [-0.15, -0.1) is 0 Å².